The number of hydrogen-bond acceptors (Lipinski definition) is 1. The summed E-state index contributed by atoms with van der Waals surface area (Å²) in [5.74, 6) is 0.598. The second-order valence-electron chi connectivity index (χ2n) is 5.06. The second-order valence-corrected chi connectivity index (χ2v) is 5.06. The molecule has 1 fully saturated rings. The van der Waals surface area contributed by atoms with Crippen molar-refractivity contribution in [3.05, 3.63) is 77.9 Å². The lowest BCUT2D eigenvalue weighted by molar-refractivity contribution is 0.650. The molecule has 2 aromatic rings. The molecule has 19 heavy (non-hydrogen) atoms. The zero-order valence-corrected chi connectivity index (χ0v) is 11.0. The molecule has 1 nitrogen and oxygen atoms in total. The van der Waals surface area contributed by atoms with Gasteiger partial charge in [0.05, 0.1) is 0 Å². The molecule has 0 spiro atoms. The van der Waals surface area contributed by atoms with Crippen molar-refractivity contribution in [3.63, 3.8) is 0 Å². The van der Waals surface area contributed by atoms with Gasteiger partial charge in [0, 0.05) is 12.0 Å². The van der Waals surface area contributed by atoms with E-state index in [1.54, 1.807) is 0 Å². The van der Waals surface area contributed by atoms with Crippen LogP contribution in [0.4, 0.5) is 0 Å². The molecule has 1 aliphatic rings. The van der Waals surface area contributed by atoms with Crippen LogP contribution in [-0.4, -0.2) is 12.6 Å². The summed E-state index contributed by atoms with van der Waals surface area (Å²) in [7, 11) is 0. The van der Waals surface area contributed by atoms with Crippen LogP contribution in [0.3, 0.4) is 0 Å². The number of rotatable bonds is 3. The predicted molar refractivity (Wildman–Crippen MR) is 81.1 cm³/mol. The van der Waals surface area contributed by atoms with Crippen LogP contribution < -0.4 is 5.32 Å². The van der Waals surface area contributed by atoms with E-state index in [1.807, 2.05) is 0 Å². The summed E-state index contributed by atoms with van der Waals surface area (Å²) < 4.78 is 0. The summed E-state index contributed by atoms with van der Waals surface area (Å²) in [6, 6.07) is 21.8. The Morgan fingerprint density at radius 2 is 1.58 bits per heavy atom. The van der Waals surface area contributed by atoms with Crippen LogP contribution in [0.1, 0.15) is 23.5 Å². The van der Waals surface area contributed by atoms with Crippen molar-refractivity contribution >= 4 is 6.08 Å². The third-order valence-corrected chi connectivity index (χ3v) is 3.79. The lowest BCUT2D eigenvalue weighted by atomic mass is 9.91. The van der Waals surface area contributed by atoms with Crippen LogP contribution in [0.5, 0.6) is 0 Å². The minimum Gasteiger partial charge on any atom is -0.310 e. The molecule has 3 rings (SSSR count). The van der Waals surface area contributed by atoms with Crippen molar-refractivity contribution in [2.75, 3.05) is 6.54 Å². The van der Waals surface area contributed by atoms with E-state index >= 15 is 0 Å². The van der Waals surface area contributed by atoms with Crippen molar-refractivity contribution < 1.29 is 0 Å². The van der Waals surface area contributed by atoms with Gasteiger partial charge < -0.3 is 5.32 Å². The molecule has 2 atom stereocenters. The Morgan fingerprint density at radius 3 is 2.32 bits per heavy atom. The first-order valence-corrected chi connectivity index (χ1v) is 6.95. The van der Waals surface area contributed by atoms with Gasteiger partial charge in [0.25, 0.3) is 0 Å². The molecular weight excluding hydrogens is 230 g/mol. The van der Waals surface area contributed by atoms with Crippen molar-refractivity contribution in [1.29, 1.82) is 0 Å². The predicted octanol–water partition coefficient (Wildman–Crippen LogP) is 3.85. The molecule has 96 valence electrons. The number of hydrogen-bond donors (Lipinski definition) is 1. The Morgan fingerprint density at radius 1 is 0.895 bits per heavy atom. The van der Waals surface area contributed by atoms with Crippen LogP contribution in [0, 0.1) is 0 Å². The van der Waals surface area contributed by atoms with Gasteiger partial charge in [-0.25, -0.2) is 0 Å². The molecule has 2 unspecified atom stereocenters. The maximum atomic E-state index is 3.59. The summed E-state index contributed by atoms with van der Waals surface area (Å²) >= 11 is 0. The molecule has 0 amide bonds. The summed E-state index contributed by atoms with van der Waals surface area (Å²) in [5.41, 5.74) is 2.71. The molecule has 0 saturated carbocycles. The van der Waals surface area contributed by atoms with Gasteiger partial charge in [0.15, 0.2) is 0 Å². The van der Waals surface area contributed by atoms with Gasteiger partial charge in [0.1, 0.15) is 0 Å². The topological polar surface area (TPSA) is 12.0 Å². The Labute approximate surface area is 115 Å². The standard InChI is InChI=1S/C18H19N/c1-3-7-15(8-4-1)11-12-18-17(13-14-19-18)16-9-5-2-6-10-16/h1-12,17-19H,13-14H2/b12-11-. The maximum Gasteiger partial charge on any atom is 0.0322 e. The van der Waals surface area contributed by atoms with E-state index < -0.39 is 0 Å². The van der Waals surface area contributed by atoms with Crippen LogP contribution >= 0.6 is 0 Å². The van der Waals surface area contributed by atoms with Gasteiger partial charge in [-0.15, -0.1) is 0 Å². The minimum atomic E-state index is 0.447. The lowest BCUT2D eigenvalue weighted by Crippen LogP contribution is -2.23. The molecule has 0 bridgehead atoms. The summed E-state index contributed by atoms with van der Waals surface area (Å²) in [5, 5.41) is 3.59. The summed E-state index contributed by atoms with van der Waals surface area (Å²) in [4.78, 5) is 0. The molecular formula is C18H19N. The highest BCUT2D eigenvalue weighted by atomic mass is 14.9. The van der Waals surface area contributed by atoms with Gasteiger partial charge in [-0.3, -0.25) is 0 Å². The number of benzene rings is 2. The van der Waals surface area contributed by atoms with Crippen molar-refractivity contribution in [3.8, 4) is 0 Å². The highest BCUT2D eigenvalue weighted by molar-refractivity contribution is 5.50. The van der Waals surface area contributed by atoms with E-state index in [9.17, 15) is 0 Å². The molecule has 1 saturated heterocycles. The minimum absolute atomic E-state index is 0.447. The van der Waals surface area contributed by atoms with Crippen molar-refractivity contribution in [1.82, 2.24) is 5.32 Å². The zero-order chi connectivity index (χ0) is 12.9. The first-order chi connectivity index (χ1) is 9.43. The highest BCUT2D eigenvalue weighted by Gasteiger charge is 2.25. The van der Waals surface area contributed by atoms with Gasteiger partial charge >= 0.3 is 0 Å². The summed E-state index contributed by atoms with van der Waals surface area (Å²) in [6.07, 6.45) is 5.74. The largest absolute Gasteiger partial charge is 0.310 e. The fraction of sp³-hybridized carbons (Fsp3) is 0.222. The average Bonchev–Trinajstić information content (AvgIpc) is 2.95. The molecule has 2 aromatic carbocycles. The van der Waals surface area contributed by atoms with E-state index in [0.717, 1.165) is 6.54 Å². The summed E-state index contributed by atoms with van der Waals surface area (Å²) in [6.45, 7) is 1.10. The van der Waals surface area contributed by atoms with E-state index in [0.29, 0.717) is 12.0 Å². The van der Waals surface area contributed by atoms with Gasteiger partial charge in [0.2, 0.25) is 0 Å². The van der Waals surface area contributed by atoms with Crippen LogP contribution in [0.15, 0.2) is 66.7 Å². The second kappa shape index (κ2) is 5.85. The van der Waals surface area contributed by atoms with Crippen molar-refractivity contribution in [2.45, 2.75) is 18.4 Å². The third kappa shape index (κ3) is 2.94. The molecule has 0 aliphatic carbocycles. The van der Waals surface area contributed by atoms with Gasteiger partial charge in [-0.1, -0.05) is 72.8 Å². The maximum absolute atomic E-state index is 3.59. The fourth-order valence-electron chi connectivity index (χ4n) is 2.78. The Kier molecular flexibility index (Phi) is 3.75. The molecule has 1 N–H and O–H groups in total. The van der Waals surface area contributed by atoms with E-state index in [2.05, 4.69) is 78.1 Å². The number of nitrogens with one attached hydrogen (secondary N) is 1. The molecule has 1 aliphatic heterocycles. The SMILES string of the molecule is C(=C/C1NCCC1c1ccccc1)/c1ccccc1. The van der Waals surface area contributed by atoms with E-state index in [-0.39, 0.29) is 0 Å². The first-order valence-electron chi connectivity index (χ1n) is 6.95. The average molecular weight is 249 g/mol. The molecule has 0 aromatic heterocycles. The third-order valence-electron chi connectivity index (χ3n) is 3.79. The van der Waals surface area contributed by atoms with E-state index in [4.69, 9.17) is 0 Å². The monoisotopic (exact) mass is 249 g/mol. The zero-order valence-electron chi connectivity index (χ0n) is 11.0. The Balaban J connectivity index is 1.75. The molecule has 0 radical (unpaired) electrons. The Bertz CT molecular complexity index is 530. The molecule has 1 heterocycles. The van der Waals surface area contributed by atoms with Crippen LogP contribution in [0.2, 0.25) is 0 Å². The van der Waals surface area contributed by atoms with Crippen molar-refractivity contribution in [2.24, 2.45) is 0 Å². The van der Waals surface area contributed by atoms with Crippen LogP contribution in [0.25, 0.3) is 6.08 Å². The lowest BCUT2D eigenvalue weighted by Gasteiger charge is -2.16. The smallest absolute Gasteiger partial charge is 0.0322 e. The van der Waals surface area contributed by atoms with Gasteiger partial charge in [-0.2, -0.15) is 0 Å². The van der Waals surface area contributed by atoms with Crippen LogP contribution in [-0.2, 0) is 0 Å². The quantitative estimate of drug-likeness (QED) is 0.871. The Hall–Kier alpha value is -1.86. The van der Waals surface area contributed by atoms with Gasteiger partial charge in [-0.05, 0) is 24.1 Å². The first kappa shape index (κ1) is 12.2. The highest BCUT2D eigenvalue weighted by Crippen LogP contribution is 2.28. The van der Waals surface area contributed by atoms with E-state index in [1.165, 1.54) is 17.5 Å². The molecule has 1 heteroatoms. The fourth-order valence-corrected chi connectivity index (χ4v) is 2.78. The normalized spacial score (nSPS) is 22.9.